The van der Waals surface area contributed by atoms with Crippen molar-refractivity contribution in [3.8, 4) is 0 Å². The lowest BCUT2D eigenvalue weighted by atomic mass is 9.78. The Balaban J connectivity index is 1.95. The van der Waals surface area contributed by atoms with E-state index in [1.807, 2.05) is 6.92 Å². The second-order valence-electron chi connectivity index (χ2n) is 5.77. The van der Waals surface area contributed by atoms with Gasteiger partial charge in [0.25, 0.3) is 0 Å². The van der Waals surface area contributed by atoms with Crippen molar-refractivity contribution in [2.24, 2.45) is 5.92 Å². The van der Waals surface area contributed by atoms with Crippen molar-refractivity contribution in [3.63, 3.8) is 0 Å². The number of thiophene rings is 1. The molecule has 1 heterocycles. The molecule has 0 unspecified atom stereocenters. The second kappa shape index (κ2) is 6.13. The molecule has 0 amide bonds. The van der Waals surface area contributed by atoms with Crippen molar-refractivity contribution in [3.05, 3.63) is 17.0 Å². The maximum atomic E-state index is 12.1. The lowest BCUT2D eigenvalue weighted by molar-refractivity contribution is -0.00441. The highest BCUT2D eigenvalue weighted by molar-refractivity contribution is 7.91. The first-order valence-electron chi connectivity index (χ1n) is 7.13. The maximum Gasteiger partial charge on any atom is 0.250 e. The predicted octanol–water partition coefficient (Wildman–Crippen LogP) is 2.67. The van der Waals surface area contributed by atoms with Gasteiger partial charge < -0.3 is 5.11 Å². The van der Waals surface area contributed by atoms with Gasteiger partial charge in [-0.15, -0.1) is 11.3 Å². The van der Waals surface area contributed by atoms with Gasteiger partial charge in [-0.1, -0.05) is 13.3 Å². The van der Waals surface area contributed by atoms with Gasteiger partial charge in [-0.05, 0) is 50.7 Å². The van der Waals surface area contributed by atoms with Crippen LogP contribution in [0.15, 0.2) is 16.3 Å². The minimum Gasteiger partial charge on any atom is -0.389 e. The smallest absolute Gasteiger partial charge is 0.250 e. The lowest BCUT2D eigenvalue weighted by Gasteiger charge is -2.35. The Morgan fingerprint density at radius 2 is 2.05 bits per heavy atom. The lowest BCUT2D eigenvalue weighted by Crippen LogP contribution is -2.45. The largest absolute Gasteiger partial charge is 0.389 e. The molecule has 0 aliphatic heterocycles. The third-order valence-corrected chi connectivity index (χ3v) is 7.08. The highest BCUT2D eigenvalue weighted by atomic mass is 32.2. The van der Waals surface area contributed by atoms with Crippen LogP contribution in [0.1, 0.15) is 43.9 Å². The number of aliphatic hydroxyl groups is 1. The van der Waals surface area contributed by atoms with Gasteiger partial charge in [0.2, 0.25) is 10.0 Å². The number of sulfonamides is 1. The predicted molar refractivity (Wildman–Crippen MR) is 81.4 cm³/mol. The molecule has 6 heteroatoms. The van der Waals surface area contributed by atoms with Crippen LogP contribution < -0.4 is 4.72 Å². The molecule has 1 saturated carbocycles. The second-order valence-corrected chi connectivity index (χ2v) is 9.05. The van der Waals surface area contributed by atoms with Crippen molar-refractivity contribution in [1.29, 1.82) is 0 Å². The molecule has 0 bridgehead atoms. The van der Waals surface area contributed by atoms with Gasteiger partial charge in [0.15, 0.2) is 0 Å². The maximum absolute atomic E-state index is 12.1. The monoisotopic (exact) mass is 317 g/mol. The van der Waals surface area contributed by atoms with E-state index in [1.165, 1.54) is 11.3 Å². The Kier molecular flexibility index (Phi) is 4.89. The van der Waals surface area contributed by atoms with Gasteiger partial charge in [0, 0.05) is 11.4 Å². The quantitative estimate of drug-likeness (QED) is 0.877. The number of hydrogen-bond acceptors (Lipinski definition) is 4. The van der Waals surface area contributed by atoms with E-state index in [9.17, 15) is 13.5 Å². The van der Waals surface area contributed by atoms with Crippen molar-refractivity contribution in [2.45, 2.75) is 55.8 Å². The van der Waals surface area contributed by atoms with Gasteiger partial charge in [-0.25, -0.2) is 13.1 Å². The number of aryl methyl sites for hydroxylation is 1. The summed E-state index contributed by atoms with van der Waals surface area (Å²) in [6, 6.07) is 3.40. The van der Waals surface area contributed by atoms with E-state index in [2.05, 4.69) is 11.6 Å². The summed E-state index contributed by atoms with van der Waals surface area (Å²) in [5.41, 5.74) is -0.884. The van der Waals surface area contributed by atoms with Crippen LogP contribution in [0.25, 0.3) is 0 Å². The van der Waals surface area contributed by atoms with E-state index in [-0.39, 0.29) is 6.54 Å². The fourth-order valence-corrected chi connectivity index (χ4v) is 5.10. The third-order valence-electron chi connectivity index (χ3n) is 4.19. The van der Waals surface area contributed by atoms with Crippen LogP contribution in [0.5, 0.6) is 0 Å². The highest BCUT2D eigenvalue weighted by Crippen LogP contribution is 2.33. The molecule has 4 nitrogen and oxygen atoms in total. The highest BCUT2D eigenvalue weighted by Gasteiger charge is 2.34. The van der Waals surface area contributed by atoms with E-state index in [0.29, 0.717) is 23.0 Å². The Bertz CT molecular complexity index is 543. The molecule has 0 saturated heterocycles. The number of nitrogens with one attached hydrogen (secondary N) is 1. The minimum atomic E-state index is -3.49. The minimum absolute atomic E-state index is 0.114. The summed E-state index contributed by atoms with van der Waals surface area (Å²) in [6.07, 6.45) is 4.45. The SMILES string of the molecule is CCC1CCC(O)(CNS(=O)(=O)c2ccc(C)s2)CC1. The first kappa shape index (κ1) is 15.9. The van der Waals surface area contributed by atoms with Crippen LogP contribution in [0.3, 0.4) is 0 Å². The zero-order valence-corrected chi connectivity index (χ0v) is 13.7. The summed E-state index contributed by atoms with van der Waals surface area (Å²) in [6.45, 7) is 4.16. The van der Waals surface area contributed by atoms with Crippen LogP contribution in [-0.2, 0) is 10.0 Å². The molecule has 0 aromatic carbocycles. The molecule has 1 aromatic heterocycles. The molecular formula is C14H23NO3S2. The first-order valence-corrected chi connectivity index (χ1v) is 9.43. The molecular weight excluding hydrogens is 294 g/mol. The summed E-state index contributed by atoms with van der Waals surface area (Å²) in [5.74, 6) is 0.673. The molecule has 1 aliphatic rings. The summed E-state index contributed by atoms with van der Waals surface area (Å²) in [4.78, 5) is 0.965. The molecule has 1 aromatic rings. The summed E-state index contributed by atoms with van der Waals surface area (Å²) < 4.78 is 27.2. The van der Waals surface area contributed by atoms with E-state index in [4.69, 9.17) is 0 Å². The van der Waals surface area contributed by atoms with E-state index in [0.717, 1.165) is 24.1 Å². The van der Waals surface area contributed by atoms with Crippen molar-refractivity contribution in [2.75, 3.05) is 6.54 Å². The van der Waals surface area contributed by atoms with Gasteiger partial charge in [0.1, 0.15) is 4.21 Å². The molecule has 114 valence electrons. The standard InChI is InChI=1S/C14H23NO3S2/c1-3-12-6-8-14(16,9-7-12)10-15-20(17,18)13-5-4-11(2)19-13/h4-5,12,15-16H,3,6-10H2,1-2H3. The molecule has 1 aliphatic carbocycles. The molecule has 2 rings (SSSR count). The fraction of sp³-hybridized carbons (Fsp3) is 0.714. The van der Waals surface area contributed by atoms with Gasteiger partial charge in [-0.3, -0.25) is 0 Å². The normalized spacial score (nSPS) is 27.6. The summed E-state index contributed by atoms with van der Waals surface area (Å²) >= 11 is 1.25. The first-order chi connectivity index (χ1) is 9.35. The average Bonchev–Trinajstić information content (AvgIpc) is 2.85. The Labute approximate surface area is 125 Å². The third kappa shape index (κ3) is 3.81. The topological polar surface area (TPSA) is 66.4 Å². The van der Waals surface area contributed by atoms with E-state index >= 15 is 0 Å². The molecule has 0 radical (unpaired) electrons. The Morgan fingerprint density at radius 3 is 2.55 bits per heavy atom. The van der Waals surface area contributed by atoms with Gasteiger partial charge in [0.05, 0.1) is 5.60 Å². The van der Waals surface area contributed by atoms with Crippen LogP contribution in [0.4, 0.5) is 0 Å². The Morgan fingerprint density at radius 1 is 1.40 bits per heavy atom. The zero-order valence-electron chi connectivity index (χ0n) is 12.1. The molecule has 0 atom stereocenters. The van der Waals surface area contributed by atoms with Gasteiger partial charge in [-0.2, -0.15) is 0 Å². The molecule has 1 fully saturated rings. The van der Waals surface area contributed by atoms with Crippen LogP contribution in [0, 0.1) is 12.8 Å². The van der Waals surface area contributed by atoms with Crippen molar-refractivity contribution >= 4 is 21.4 Å². The fourth-order valence-electron chi connectivity index (χ4n) is 2.66. The average molecular weight is 317 g/mol. The van der Waals surface area contributed by atoms with E-state index < -0.39 is 15.6 Å². The van der Waals surface area contributed by atoms with Crippen LogP contribution >= 0.6 is 11.3 Å². The number of hydrogen-bond donors (Lipinski definition) is 2. The summed E-state index contributed by atoms with van der Waals surface area (Å²) in [7, 11) is -3.49. The zero-order chi connectivity index (χ0) is 14.8. The summed E-state index contributed by atoms with van der Waals surface area (Å²) in [5, 5.41) is 10.5. The van der Waals surface area contributed by atoms with Crippen LogP contribution in [-0.4, -0.2) is 25.7 Å². The number of rotatable bonds is 5. The van der Waals surface area contributed by atoms with E-state index in [1.54, 1.807) is 12.1 Å². The van der Waals surface area contributed by atoms with Crippen LogP contribution in [0.2, 0.25) is 0 Å². The molecule has 0 spiro atoms. The van der Waals surface area contributed by atoms with Crippen molar-refractivity contribution < 1.29 is 13.5 Å². The Hall–Kier alpha value is -0.430. The molecule has 2 N–H and O–H groups in total. The molecule has 20 heavy (non-hydrogen) atoms. The van der Waals surface area contributed by atoms with Gasteiger partial charge >= 0.3 is 0 Å². The van der Waals surface area contributed by atoms with Crippen molar-refractivity contribution in [1.82, 2.24) is 4.72 Å².